The summed E-state index contributed by atoms with van der Waals surface area (Å²) in [4.78, 5) is 12.7. The number of fused-ring (bicyclic) bond motifs is 3. The molecule has 0 spiro atoms. The Labute approximate surface area is 174 Å². The third kappa shape index (κ3) is 3.97. The third-order valence-electron chi connectivity index (χ3n) is 4.65. The highest BCUT2D eigenvalue weighted by Gasteiger charge is 2.59. The van der Waals surface area contributed by atoms with Crippen molar-refractivity contribution in [3.05, 3.63) is 78.4 Å². The molecule has 0 aliphatic rings. The molecule has 0 radical (unpaired) electrons. The Hall–Kier alpha value is -3.07. The van der Waals surface area contributed by atoms with E-state index in [2.05, 4.69) is 4.74 Å². The van der Waals surface area contributed by atoms with Crippen molar-refractivity contribution in [2.45, 2.75) is 18.5 Å². The smallest absolute Gasteiger partial charge is 0.434 e. The Kier molecular flexibility index (Phi) is 5.17. The maximum atomic E-state index is 12.6. The third-order valence-corrected chi connectivity index (χ3v) is 6.98. The van der Waals surface area contributed by atoms with Crippen LogP contribution in [0.3, 0.4) is 0 Å². The van der Waals surface area contributed by atoms with E-state index in [0.717, 1.165) is 25.1 Å². The maximum absolute atomic E-state index is 12.6. The van der Waals surface area contributed by atoms with Crippen LogP contribution in [-0.4, -0.2) is 24.4 Å². The number of alkyl halides is 6. The Morgan fingerprint density at radius 3 is 1.61 bits per heavy atom. The van der Waals surface area contributed by atoms with E-state index >= 15 is 0 Å². The Bertz CT molecular complexity index is 1190. The fourth-order valence-corrected chi connectivity index (χ4v) is 5.71. The molecule has 0 atom stereocenters. The number of carbonyl (C=O) groups excluding carboxylic acids is 1. The molecular weight excluding hydrogens is 442 g/mol. The lowest BCUT2D eigenvalue weighted by Gasteiger charge is -2.22. The predicted molar refractivity (Wildman–Crippen MR) is 107 cm³/mol. The molecule has 4 rings (SSSR count). The van der Waals surface area contributed by atoms with Crippen molar-refractivity contribution in [2.24, 2.45) is 0 Å². The number of halogens is 6. The van der Waals surface area contributed by atoms with E-state index in [1.807, 2.05) is 48.5 Å². The van der Waals surface area contributed by atoms with Gasteiger partial charge in [-0.05, 0) is 48.5 Å². The zero-order valence-electron chi connectivity index (χ0n) is 15.5. The summed E-state index contributed by atoms with van der Waals surface area (Å²) in [6.45, 7) is 0. The van der Waals surface area contributed by atoms with E-state index < -0.39 is 40.5 Å². The number of carbonyl (C=O) groups is 1. The van der Waals surface area contributed by atoms with Gasteiger partial charge < -0.3 is 4.74 Å². The molecule has 2 nitrogen and oxygen atoms in total. The second kappa shape index (κ2) is 7.56. The molecule has 160 valence electrons. The van der Waals surface area contributed by atoms with Crippen molar-refractivity contribution in [1.82, 2.24) is 0 Å². The minimum atomic E-state index is -5.76. The summed E-state index contributed by atoms with van der Waals surface area (Å²) >= 11 is 0. The van der Waals surface area contributed by atoms with Gasteiger partial charge in [-0.25, -0.2) is 4.79 Å². The van der Waals surface area contributed by atoms with Crippen molar-refractivity contribution in [3.8, 4) is 4.90 Å². The van der Waals surface area contributed by atoms with Crippen LogP contribution in [0.2, 0.25) is 0 Å². The van der Waals surface area contributed by atoms with Crippen LogP contribution in [0.5, 0.6) is 0 Å². The summed E-state index contributed by atoms with van der Waals surface area (Å²) in [7, 11) is -0.513. The number of ether oxygens (including phenoxy) is 1. The van der Waals surface area contributed by atoms with Crippen molar-refractivity contribution in [2.75, 3.05) is 0 Å². The molecule has 1 aromatic heterocycles. The van der Waals surface area contributed by atoms with Crippen molar-refractivity contribution < 1.29 is 35.9 Å². The first kappa shape index (κ1) is 21.2. The van der Waals surface area contributed by atoms with Gasteiger partial charge in [0.25, 0.3) is 6.10 Å². The molecule has 4 aromatic rings. The van der Waals surface area contributed by atoms with Crippen molar-refractivity contribution in [3.63, 3.8) is 0 Å². The quantitative estimate of drug-likeness (QED) is 0.183. The number of benzene rings is 3. The van der Waals surface area contributed by atoms with Gasteiger partial charge in [-0.15, -0.1) is 0 Å². The first-order chi connectivity index (χ1) is 14.6. The molecular formula is C22H13F6O2S+. The minimum Gasteiger partial charge on any atom is -0.439 e. The summed E-state index contributed by atoms with van der Waals surface area (Å²) in [6, 6.07) is 20.9. The van der Waals surface area contributed by atoms with Gasteiger partial charge in [0.2, 0.25) is 0 Å². The summed E-state index contributed by atoms with van der Waals surface area (Å²) in [5, 5.41) is 2.12. The molecule has 0 saturated carbocycles. The van der Waals surface area contributed by atoms with Crippen LogP contribution >= 0.6 is 10.5 Å². The normalized spacial score (nSPS) is 12.6. The van der Waals surface area contributed by atoms with E-state index in [-0.39, 0.29) is 0 Å². The predicted octanol–water partition coefficient (Wildman–Crippen LogP) is 7.38. The van der Waals surface area contributed by atoms with Gasteiger partial charge in [-0.1, -0.05) is 24.3 Å². The van der Waals surface area contributed by atoms with Gasteiger partial charge >= 0.3 is 18.3 Å². The number of hydrogen-bond donors (Lipinski definition) is 0. The Morgan fingerprint density at radius 1 is 0.710 bits per heavy atom. The number of thiophene rings is 1. The average Bonchev–Trinajstić information content (AvgIpc) is 3.05. The van der Waals surface area contributed by atoms with Crippen LogP contribution in [0.4, 0.5) is 26.3 Å². The van der Waals surface area contributed by atoms with Gasteiger partial charge in [-0.3, -0.25) is 0 Å². The molecule has 0 unspecified atom stereocenters. The standard InChI is InChI=1S/C22H13F6O2S/c23-21(24,25)20(22(26,27)28)30-19(29)13-9-11-14(12-10-13)31-17-7-3-1-5-15(17)16-6-2-4-8-18(16)31/h1-12,20H/q+1. The molecule has 0 aliphatic carbocycles. The molecule has 0 N–H and O–H groups in total. The topological polar surface area (TPSA) is 26.3 Å². The van der Waals surface area contributed by atoms with E-state index in [1.165, 1.54) is 24.3 Å². The SMILES string of the molecule is O=C(OC(C(F)(F)F)C(F)(F)F)c1ccc(-[s+]2c3ccccc3c3ccccc32)cc1. The van der Waals surface area contributed by atoms with Gasteiger partial charge in [0.1, 0.15) is 0 Å². The van der Waals surface area contributed by atoms with Crippen LogP contribution in [0.25, 0.3) is 25.1 Å². The number of hydrogen-bond acceptors (Lipinski definition) is 2. The summed E-state index contributed by atoms with van der Waals surface area (Å²) in [6.07, 6.45) is -15.7. The number of esters is 1. The highest BCUT2D eigenvalue weighted by Crippen LogP contribution is 2.48. The fraction of sp³-hybridized carbons (Fsp3) is 0.136. The lowest BCUT2D eigenvalue weighted by molar-refractivity contribution is -0.307. The zero-order valence-corrected chi connectivity index (χ0v) is 16.3. The maximum Gasteiger partial charge on any atom is 0.434 e. The molecule has 0 fully saturated rings. The van der Waals surface area contributed by atoms with Crippen LogP contribution in [-0.2, 0) is 4.74 Å². The van der Waals surface area contributed by atoms with Gasteiger partial charge in [0.05, 0.1) is 5.56 Å². The van der Waals surface area contributed by atoms with Gasteiger partial charge in [0.15, 0.2) is 14.3 Å². The Morgan fingerprint density at radius 2 is 1.16 bits per heavy atom. The second-order valence-electron chi connectivity index (χ2n) is 6.69. The molecule has 9 heteroatoms. The number of rotatable bonds is 3. The minimum absolute atomic E-state index is 0.397. The highest BCUT2D eigenvalue weighted by molar-refractivity contribution is 7.50. The van der Waals surface area contributed by atoms with Crippen molar-refractivity contribution >= 4 is 36.6 Å². The average molecular weight is 455 g/mol. The lowest BCUT2D eigenvalue weighted by atomic mass is 10.2. The molecule has 1 heterocycles. The fourth-order valence-electron chi connectivity index (χ4n) is 3.33. The highest BCUT2D eigenvalue weighted by atomic mass is 32.2. The molecule has 0 bridgehead atoms. The summed E-state index contributed by atoms with van der Waals surface area (Å²) < 4.78 is 81.7. The largest absolute Gasteiger partial charge is 0.439 e. The van der Waals surface area contributed by atoms with Gasteiger partial charge in [0, 0.05) is 21.2 Å². The van der Waals surface area contributed by atoms with Gasteiger partial charge in [-0.2, -0.15) is 26.3 Å². The van der Waals surface area contributed by atoms with E-state index in [9.17, 15) is 31.1 Å². The van der Waals surface area contributed by atoms with E-state index in [4.69, 9.17) is 0 Å². The molecule has 3 aromatic carbocycles. The summed E-state index contributed by atoms with van der Waals surface area (Å²) in [5.41, 5.74) is -0.397. The van der Waals surface area contributed by atoms with E-state index in [1.54, 1.807) is 0 Å². The van der Waals surface area contributed by atoms with Crippen LogP contribution in [0, 0.1) is 0 Å². The zero-order chi connectivity index (χ0) is 22.4. The Balaban J connectivity index is 1.70. The first-order valence-electron chi connectivity index (χ1n) is 8.94. The first-order valence-corrected chi connectivity index (χ1v) is 10.2. The monoisotopic (exact) mass is 455 g/mol. The van der Waals surface area contributed by atoms with Crippen LogP contribution < -0.4 is 0 Å². The molecule has 31 heavy (non-hydrogen) atoms. The lowest BCUT2D eigenvalue weighted by Crippen LogP contribution is -2.45. The van der Waals surface area contributed by atoms with Crippen molar-refractivity contribution in [1.29, 1.82) is 0 Å². The summed E-state index contributed by atoms with van der Waals surface area (Å²) in [5.74, 6) is -1.69. The van der Waals surface area contributed by atoms with Crippen LogP contribution in [0.15, 0.2) is 72.8 Å². The molecule has 0 amide bonds. The van der Waals surface area contributed by atoms with E-state index in [0.29, 0.717) is 0 Å². The molecule has 0 saturated heterocycles. The van der Waals surface area contributed by atoms with Crippen LogP contribution in [0.1, 0.15) is 10.4 Å². The second-order valence-corrected chi connectivity index (χ2v) is 8.65. The molecule has 0 aliphatic heterocycles.